The number of methoxy groups -OCH3 is 1. The van der Waals surface area contributed by atoms with Crippen LogP contribution >= 0.6 is 11.6 Å². The minimum absolute atomic E-state index is 0.0233. The number of phenols is 1. The number of hydrazone groups is 1. The minimum atomic E-state index is -2.11. The number of amides is 2. The summed E-state index contributed by atoms with van der Waals surface area (Å²) >= 11 is 6.73. The number of nitrogens with zero attached hydrogens (tertiary/aromatic N) is 1. The molecule has 234 valence electrons. The van der Waals surface area contributed by atoms with Crippen LogP contribution in [0.25, 0.3) is 22.3 Å². The van der Waals surface area contributed by atoms with Crippen LogP contribution in [0, 0.1) is 10.4 Å². The van der Waals surface area contributed by atoms with Crippen LogP contribution in [0.1, 0.15) is 30.2 Å². The molecule has 0 bridgehead atoms. The molecule has 2 aromatic rings. The van der Waals surface area contributed by atoms with Gasteiger partial charge < -0.3 is 30.4 Å². The Kier molecular flexibility index (Phi) is 6.81. The van der Waals surface area contributed by atoms with Gasteiger partial charge in [-0.2, -0.15) is 5.10 Å². The molecule has 4 aliphatic rings. The molecular weight excluding hydrogens is 628 g/mol. The molecule has 0 saturated heterocycles. The summed E-state index contributed by atoms with van der Waals surface area (Å²) in [6, 6.07) is 2.10. The van der Waals surface area contributed by atoms with Gasteiger partial charge in [0, 0.05) is 23.9 Å². The number of rotatable bonds is 5. The maximum atomic E-state index is 13.6. The van der Waals surface area contributed by atoms with Crippen molar-refractivity contribution in [3.63, 3.8) is 0 Å². The van der Waals surface area contributed by atoms with Gasteiger partial charge in [-0.1, -0.05) is 11.6 Å². The SMILES string of the molecule is COc1cc(=O)c2c(=O)c3c(c(=O)c=2c1=O)=C(O)[C@]1(CCc2c1c(O)c1c(=O)[nH]c(C=NNC(=O)CNC(C)=O)cc1c2Cl)C=3O. The lowest BCUT2D eigenvalue weighted by Gasteiger charge is -2.27. The Labute approximate surface area is 258 Å². The van der Waals surface area contributed by atoms with Crippen molar-refractivity contribution in [1.82, 2.24) is 15.7 Å². The van der Waals surface area contributed by atoms with Crippen LogP contribution in [0.3, 0.4) is 0 Å². The Hall–Kier alpha value is -5.83. The van der Waals surface area contributed by atoms with E-state index < -0.39 is 88.4 Å². The Morgan fingerprint density at radius 1 is 1.02 bits per heavy atom. The van der Waals surface area contributed by atoms with E-state index in [1.807, 2.05) is 0 Å². The number of carbonyl (C=O) groups is 2. The van der Waals surface area contributed by atoms with Crippen molar-refractivity contribution in [2.75, 3.05) is 13.7 Å². The highest BCUT2D eigenvalue weighted by molar-refractivity contribution is 6.37. The fourth-order valence-corrected chi connectivity index (χ4v) is 6.64. The highest BCUT2D eigenvalue weighted by atomic mass is 35.5. The molecule has 2 amide bonds. The van der Waals surface area contributed by atoms with E-state index >= 15 is 0 Å². The number of aliphatic hydroxyl groups excluding tert-OH is 2. The Bertz CT molecular complexity index is 2610. The lowest BCUT2D eigenvalue weighted by atomic mass is 9.78. The molecule has 1 aromatic heterocycles. The molecule has 0 saturated carbocycles. The minimum Gasteiger partial charge on any atom is -0.510 e. The number of H-pyrrole nitrogens is 1. The normalized spacial score (nSPS) is 16.8. The van der Waals surface area contributed by atoms with Crippen LogP contribution < -0.4 is 53.2 Å². The Morgan fingerprint density at radius 2 is 1.67 bits per heavy atom. The fraction of sp³-hybridized carbons (Fsp3) is 0.200. The van der Waals surface area contributed by atoms with Gasteiger partial charge in [0.05, 0.1) is 56.8 Å². The summed E-state index contributed by atoms with van der Waals surface area (Å²) in [4.78, 5) is 91.4. The smallest absolute Gasteiger partial charge is 0.260 e. The number of carbonyl (C=O) groups excluding carboxylic acids is 2. The van der Waals surface area contributed by atoms with Crippen LogP contribution in [0.5, 0.6) is 11.5 Å². The lowest BCUT2D eigenvalue weighted by molar-refractivity contribution is -0.125. The summed E-state index contributed by atoms with van der Waals surface area (Å²) in [5.74, 6) is -4.00. The molecule has 1 aromatic carbocycles. The second kappa shape index (κ2) is 10.4. The predicted octanol–water partition coefficient (Wildman–Crippen LogP) is -2.25. The van der Waals surface area contributed by atoms with Gasteiger partial charge in [-0.15, -0.1) is 0 Å². The molecule has 46 heavy (non-hydrogen) atoms. The molecule has 6 rings (SSSR count). The number of aromatic amines is 1. The first-order valence-electron chi connectivity index (χ1n) is 13.5. The predicted molar refractivity (Wildman–Crippen MR) is 163 cm³/mol. The molecule has 1 heterocycles. The van der Waals surface area contributed by atoms with Gasteiger partial charge in [-0.25, -0.2) is 5.43 Å². The number of hydrogen-bond donors (Lipinski definition) is 6. The first kappa shape index (κ1) is 30.2. The van der Waals surface area contributed by atoms with E-state index in [-0.39, 0.29) is 52.0 Å². The van der Waals surface area contributed by atoms with Gasteiger partial charge in [0.1, 0.15) is 22.7 Å². The largest absolute Gasteiger partial charge is 0.510 e. The zero-order valence-electron chi connectivity index (χ0n) is 23.8. The van der Waals surface area contributed by atoms with Gasteiger partial charge in [0.15, 0.2) is 11.2 Å². The second-order valence-corrected chi connectivity index (χ2v) is 11.1. The number of pyridine rings is 1. The first-order valence-corrected chi connectivity index (χ1v) is 13.9. The van der Waals surface area contributed by atoms with Crippen molar-refractivity contribution in [2.45, 2.75) is 25.2 Å². The highest BCUT2D eigenvalue weighted by Gasteiger charge is 2.53. The zero-order chi connectivity index (χ0) is 33.4. The average Bonchev–Trinajstić information content (AvgIpc) is 3.51. The third kappa shape index (κ3) is 3.98. The third-order valence-corrected chi connectivity index (χ3v) is 8.70. The lowest BCUT2D eigenvalue weighted by Crippen LogP contribution is -2.51. The molecule has 1 spiro atoms. The fourth-order valence-electron chi connectivity index (χ4n) is 6.30. The van der Waals surface area contributed by atoms with Crippen molar-refractivity contribution in [3.8, 4) is 11.5 Å². The van der Waals surface area contributed by atoms with Crippen molar-refractivity contribution in [2.24, 2.45) is 5.10 Å². The highest BCUT2D eigenvalue weighted by Crippen LogP contribution is 2.56. The van der Waals surface area contributed by atoms with Gasteiger partial charge >= 0.3 is 0 Å². The number of aromatic hydroxyl groups is 1. The van der Waals surface area contributed by atoms with E-state index in [9.17, 15) is 48.9 Å². The molecule has 0 fully saturated rings. The molecule has 0 radical (unpaired) electrons. The van der Waals surface area contributed by atoms with Gasteiger partial charge in [-0.05, 0) is 24.5 Å². The standard InChI is InChI=1S/C30H21ClN4O11/c1-9(36)32-8-15(38)35-33-7-10-5-12-16(29(45)34-10)26(42)21-11(22(12)31)3-4-30(21)27(43)19-20(28(30)44)25(41)18-17(24(19)40)13(37)6-14(46-2)23(18)39/h5-7,42-44H,3-4,8H2,1-2H3,(H,32,36)(H,34,45)(H,35,38)/t30-/m0/s1. The van der Waals surface area contributed by atoms with Crippen molar-refractivity contribution < 1.29 is 29.6 Å². The van der Waals surface area contributed by atoms with Crippen LogP contribution in [0.4, 0.5) is 0 Å². The number of fused-ring (bicyclic) bond motifs is 4. The summed E-state index contributed by atoms with van der Waals surface area (Å²) in [7, 11) is 1.09. The first-order chi connectivity index (χ1) is 21.8. The van der Waals surface area contributed by atoms with Gasteiger partial charge in [0.2, 0.25) is 22.2 Å². The molecule has 1 atom stereocenters. The molecule has 15 nitrogen and oxygen atoms in total. The van der Waals surface area contributed by atoms with Crippen molar-refractivity contribution >= 4 is 51.9 Å². The maximum absolute atomic E-state index is 13.6. The zero-order valence-corrected chi connectivity index (χ0v) is 24.5. The second-order valence-electron chi connectivity index (χ2n) is 10.7. The molecule has 0 unspecified atom stereocenters. The number of ether oxygens (including phenoxy) is 1. The Morgan fingerprint density at radius 3 is 2.30 bits per heavy atom. The number of benzene rings is 1. The number of nitrogens with one attached hydrogen (secondary N) is 3. The molecule has 16 heteroatoms. The van der Waals surface area contributed by atoms with E-state index in [2.05, 4.69) is 20.8 Å². The van der Waals surface area contributed by atoms with E-state index in [4.69, 9.17) is 16.3 Å². The average molecular weight is 649 g/mol. The summed E-state index contributed by atoms with van der Waals surface area (Å²) < 4.78 is 4.88. The summed E-state index contributed by atoms with van der Waals surface area (Å²) in [5, 5.41) is 37.3. The summed E-state index contributed by atoms with van der Waals surface area (Å²) in [6.07, 6.45) is 0.837. The van der Waals surface area contributed by atoms with Crippen LogP contribution in [-0.4, -0.2) is 52.0 Å². The van der Waals surface area contributed by atoms with Crippen molar-refractivity contribution in [3.05, 3.63) is 106 Å². The van der Waals surface area contributed by atoms with Gasteiger partial charge in [-0.3, -0.25) is 33.6 Å². The molecular formula is C30H21ClN4O11. The molecule has 4 aliphatic carbocycles. The number of aromatic nitrogens is 1. The summed E-state index contributed by atoms with van der Waals surface area (Å²) in [6.45, 7) is 0.890. The Balaban J connectivity index is 1.58. The van der Waals surface area contributed by atoms with E-state index in [1.54, 1.807) is 0 Å². The number of hydrogen-bond acceptors (Lipinski definition) is 12. The van der Waals surface area contributed by atoms with Crippen molar-refractivity contribution in [1.29, 1.82) is 0 Å². The van der Waals surface area contributed by atoms with Gasteiger partial charge in [0.25, 0.3) is 11.5 Å². The topological polar surface area (TPSA) is 242 Å². The molecule has 6 N–H and O–H groups in total. The number of phenolic OH excluding ortho intramolecular Hbond substituents is 1. The summed E-state index contributed by atoms with van der Waals surface area (Å²) in [5.41, 5.74) is -5.29. The van der Waals surface area contributed by atoms with E-state index in [0.717, 1.165) is 19.4 Å². The molecule has 0 aliphatic heterocycles. The van der Waals surface area contributed by atoms with Crippen LogP contribution in [-0.2, 0) is 21.4 Å². The third-order valence-electron chi connectivity index (χ3n) is 8.27. The number of halogens is 1. The number of aliphatic hydroxyl groups is 2. The monoisotopic (exact) mass is 648 g/mol. The van der Waals surface area contributed by atoms with E-state index in [0.29, 0.717) is 0 Å². The van der Waals surface area contributed by atoms with Crippen LogP contribution in [0.15, 0.2) is 41.2 Å². The van der Waals surface area contributed by atoms with Crippen LogP contribution in [0.2, 0.25) is 5.02 Å². The van der Waals surface area contributed by atoms with E-state index in [1.165, 1.54) is 13.0 Å². The quantitative estimate of drug-likeness (QED) is 0.0998. The maximum Gasteiger partial charge on any atom is 0.260 e.